The second kappa shape index (κ2) is 14.7. The molecular formula is C21H41N5O7. The highest BCUT2D eigenvalue weighted by Crippen LogP contribution is 2.20. The number of nitrogens with zero attached hydrogens (tertiary/aromatic N) is 5. The van der Waals surface area contributed by atoms with E-state index in [4.69, 9.17) is 14.2 Å². The van der Waals surface area contributed by atoms with Gasteiger partial charge < -0.3 is 14.2 Å². The van der Waals surface area contributed by atoms with Crippen LogP contribution < -0.4 is 0 Å². The minimum atomic E-state index is -0.880. The number of hydrogen-bond acceptors (Lipinski definition) is 10. The fourth-order valence-electron chi connectivity index (χ4n) is 4.30. The number of ether oxygens (including phenoxy) is 3. The van der Waals surface area contributed by atoms with Crippen LogP contribution in [0.4, 0.5) is 0 Å². The Hall–Kier alpha value is -1.44. The van der Waals surface area contributed by atoms with Crippen molar-refractivity contribution in [2.45, 2.75) is 38.3 Å². The summed E-state index contributed by atoms with van der Waals surface area (Å²) in [6.07, 6.45) is 1.15. The third kappa shape index (κ3) is 9.38. The minimum absolute atomic E-state index is 0.0715. The van der Waals surface area contributed by atoms with E-state index in [0.29, 0.717) is 72.1 Å². The van der Waals surface area contributed by atoms with Gasteiger partial charge in [-0.3, -0.25) is 34.9 Å². The molecule has 33 heavy (non-hydrogen) atoms. The predicted molar refractivity (Wildman–Crippen MR) is 123 cm³/mol. The van der Waals surface area contributed by atoms with E-state index in [-0.39, 0.29) is 9.85 Å². The van der Waals surface area contributed by atoms with E-state index in [9.17, 15) is 20.2 Å². The van der Waals surface area contributed by atoms with Crippen molar-refractivity contribution in [2.75, 3.05) is 98.5 Å². The van der Waals surface area contributed by atoms with Crippen LogP contribution in [0.15, 0.2) is 0 Å². The molecule has 0 aliphatic carbocycles. The molecule has 3 saturated heterocycles. The molecule has 0 bridgehead atoms. The second-order valence-corrected chi connectivity index (χ2v) is 8.87. The molecular weight excluding hydrogens is 434 g/mol. The van der Waals surface area contributed by atoms with Gasteiger partial charge in [-0.15, -0.1) is 0 Å². The zero-order chi connectivity index (χ0) is 24.1. The van der Waals surface area contributed by atoms with Crippen molar-refractivity contribution < 1.29 is 24.1 Å². The molecule has 3 aliphatic heterocycles. The summed E-state index contributed by atoms with van der Waals surface area (Å²) in [5, 5.41) is 22.2. The maximum absolute atomic E-state index is 11.7. The molecule has 1 unspecified atom stereocenters. The second-order valence-electron chi connectivity index (χ2n) is 8.87. The summed E-state index contributed by atoms with van der Waals surface area (Å²) < 4.78 is 15.8. The molecule has 192 valence electrons. The van der Waals surface area contributed by atoms with Gasteiger partial charge in [-0.2, -0.15) is 0 Å². The Kier molecular flexibility index (Phi) is 12.4. The zero-order valence-electron chi connectivity index (χ0n) is 20.2. The summed E-state index contributed by atoms with van der Waals surface area (Å²) in [5.74, 6) is 0. The molecule has 12 nitrogen and oxygen atoms in total. The Morgan fingerprint density at radius 3 is 1.45 bits per heavy atom. The highest BCUT2D eigenvalue weighted by molar-refractivity contribution is 4.87. The fourth-order valence-corrected chi connectivity index (χ4v) is 4.30. The van der Waals surface area contributed by atoms with Gasteiger partial charge in [0.25, 0.3) is 0 Å². The first-order valence-corrected chi connectivity index (χ1v) is 12.1. The van der Waals surface area contributed by atoms with E-state index in [2.05, 4.69) is 14.7 Å². The Bertz CT molecular complexity index is 559. The summed E-state index contributed by atoms with van der Waals surface area (Å²) in [5.41, 5.74) is -0.880. The predicted octanol–water partition coefficient (Wildman–Crippen LogP) is 0.450. The maximum atomic E-state index is 11.7. The molecule has 1 atom stereocenters. The highest BCUT2D eigenvalue weighted by Gasteiger charge is 2.44. The van der Waals surface area contributed by atoms with Gasteiger partial charge in [-0.25, -0.2) is 0 Å². The Balaban J connectivity index is 0.000000257. The van der Waals surface area contributed by atoms with Crippen molar-refractivity contribution in [3.63, 3.8) is 0 Å². The van der Waals surface area contributed by atoms with Gasteiger partial charge >= 0.3 is 0 Å². The van der Waals surface area contributed by atoms with Crippen LogP contribution in [0.2, 0.25) is 0 Å². The van der Waals surface area contributed by atoms with Crippen molar-refractivity contribution in [1.29, 1.82) is 0 Å². The third-order valence-corrected chi connectivity index (χ3v) is 6.63. The largest absolute Gasteiger partial charge is 0.379 e. The van der Waals surface area contributed by atoms with Crippen LogP contribution in [0.5, 0.6) is 0 Å². The molecule has 0 aromatic carbocycles. The first kappa shape index (κ1) is 27.8. The maximum Gasteiger partial charge on any atom is 0.246 e. The van der Waals surface area contributed by atoms with Crippen LogP contribution in [-0.2, 0) is 14.2 Å². The van der Waals surface area contributed by atoms with Gasteiger partial charge in [-0.05, 0) is 0 Å². The summed E-state index contributed by atoms with van der Waals surface area (Å²) in [4.78, 5) is 28.4. The Morgan fingerprint density at radius 1 is 0.758 bits per heavy atom. The summed E-state index contributed by atoms with van der Waals surface area (Å²) >= 11 is 0. The van der Waals surface area contributed by atoms with Crippen molar-refractivity contribution in [2.24, 2.45) is 0 Å². The van der Waals surface area contributed by atoms with E-state index in [1.807, 2.05) is 13.8 Å². The van der Waals surface area contributed by atoms with E-state index in [1.165, 1.54) is 0 Å². The normalized spacial score (nSPS) is 22.2. The van der Waals surface area contributed by atoms with E-state index < -0.39 is 11.6 Å². The van der Waals surface area contributed by atoms with E-state index in [1.54, 1.807) is 0 Å². The summed E-state index contributed by atoms with van der Waals surface area (Å²) in [6.45, 7) is 14.3. The van der Waals surface area contributed by atoms with Crippen molar-refractivity contribution in [3.8, 4) is 0 Å². The number of nitro groups is 2. The molecule has 3 fully saturated rings. The van der Waals surface area contributed by atoms with Crippen LogP contribution in [0, 0.1) is 20.2 Å². The topological polar surface area (TPSA) is 124 Å². The first-order valence-electron chi connectivity index (χ1n) is 12.1. The molecule has 12 heteroatoms. The lowest BCUT2D eigenvalue weighted by molar-refractivity contribution is -0.572. The molecule has 0 amide bonds. The van der Waals surface area contributed by atoms with E-state index in [0.717, 1.165) is 39.3 Å². The fraction of sp³-hybridized carbons (Fsp3) is 1.00. The van der Waals surface area contributed by atoms with E-state index >= 15 is 0 Å². The lowest BCUT2D eigenvalue weighted by Crippen LogP contribution is -2.58. The first-order chi connectivity index (χ1) is 15.9. The third-order valence-electron chi connectivity index (χ3n) is 6.63. The quantitative estimate of drug-likeness (QED) is 0.325. The van der Waals surface area contributed by atoms with Gasteiger partial charge in [0.15, 0.2) is 0 Å². The molecule has 0 aromatic heterocycles. The van der Waals surface area contributed by atoms with Crippen LogP contribution in [-0.4, -0.2) is 135 Å². The van der Waals surface area contributed by atoms with Gasteiger partial charge in [0.1, 0.15) is 0 Å². The summed E-state index contributed by atoms with van der Waals surface area (Å²) in [6, 6.07) is -0.418. The van der Waals surface area contributed by atoms with Gasteiger partial charge in [0.2, 0.25) is 11.6 Å². The molecule has 0 saturated carbocycles. The number of morpholine rings is 3. The minimum Gasteiger partial charge on any atom is -0.379 e. The molecule has 0 radical (unpaired) electrons. The number of hydrogen-bond donors (Lipinski definition) is 0. The molecule has 0 aromatic rings. The van der Waals surface area contributed by atoms with Crippen molar-refractivity contribution >= 4 is 0 Å². The van der Waals surface area contributed by atoms with Crippen LogP contribution in [0.3, 0.4) is 0 Å². The van der Waals surface area contributed by atoms with Crippen LogP contribution >= 0.6 is 0 Å². The monoisotopic (exact) mass is 475 g/mol. The van der Waals surface area contributed by atoms with Crippen molar-refractivity contribution in [1.82, 2.24) is 14.7 Å². The highest BCUT2D eigenvalue weighted by atomic mass is 16.6. The number of rotatable bonds is 10. The van der Waals surface area contributed by atoms with Crippen LogP contribution in [0.1, 0.15) is 26.7 Å². The molecule has 3 rings (SSSR count). The molecule has 0 spiro atoms. The van der Waals surface area contributed by atoms with Gasteiger partial charge in [0.05, 0.1) is 59.3 Å². The molecule has 0 N–H and O–H groups in total. The zero-order valence-corrected chi connectivity index (χ0v) is 20.2. The van der Waals surface area contributed by atoms with Gasteiger partial charge in [0, 0.05) is 62.0 Å². The average Bonchev–Trinajstić information content (AvgIpc) is 2.84. The lowest BCUT2D eigenvalue weighted by atomic mass is 9.94. The average molecular weight is 476 g/mol. The lowest BCUT2D eigenvalue weighted by Gasteiger charge is -2.37. The van der Waals surface area contributed by atoms with Crippen LogP contribution in [0.25, 0.3) is 0 Å². The Labute approximate surface area is 196 Å². The SMILES string of the molecule is CCC(CN1CCOCC1)(CN1CCOCC1)[N+](=O)[O-].CCC(CN1CCOCC1)[N+](=O)[O-]. The van der Waals surface area contributed by atoms with Gasteiger partial charge in [-0.1, -0.05) is 13.8 Å². The Morgan fingerprint density at radius 2 is 1.15 bits per heavy atom. The van der Waals surface area contributed by atoms with Crippen molar-refractivity contribution in [3.05, 3.63) is 20.2 Å². The standard InChI is InChI=1S/C13H25N3O4.C8H16N2O3/c1-2-13(16(17)18,11-14-3-7-19-8-4-14)12-15-5-9-20-10-6-15;1-2-8(10(11)12)7-9-3-5-13-6-4-9/h2-12H2,1H3;8H,2-7H2,1H3. The smallest absolute Gasteiger partial charge is 0.246 e. The molecule has 3 heterocycles. The molecule has 3 aliphatic rings. The summed E-state index contributed by atoms with van der Waals surface area (Å²) in [7, 11) is 0.